The maximum absolute atomic E-state index is 13.0. The number of carbonyl (C=O) groups excluding carboxylic acids is 1. The van der Waals surface area contributed by atoms with E-state index in [1.807, 2.05) is 19.9 Å². The fourth-order valence-electron chi connectivity index (χ4n) is 2.50. The van der Waals surface area contributed by atoms with E-state index in [9.17, 15) is 18.0 Å². The number of thiazole rings is 1. The van der Waals surface area contributed by atoms with Gasteiger partial charge in [-0.25, -0.2) is 9.67 Å². The van der Waals surface area contributed by atoms with Crippen LogP contribution in [0.15, 0.2) is 35.7 Å². The van der Waals surface area contributed by atoms with Gasteiger partial charge in [-0.15, -0.1) is 11.3 Å². The molecule has 0 fully saturated rings. The summed E-state index contributed by atoms with van der Waals surface area (Å²) in [6.45, 7) is 3.76. The topological polar surface area (TPSA) is 59.8 Å². The Morgan fingerprint density at radius 3 is 2.65 bits per heavy atom. The number of anilines is 1. The average molecular weight is 380 g/mol. The Morgan fingerprint density at radius 1 is 1.27 bits per heavy atom. The molecule has 0 spiro atoms. The summed E-state index contributed by atoms with van der Waals surface area (Å²) in [5.41, 5.74) is 1.08. The van der Waals surface area contributed by atoms with Crippen LogP contribution in [0.2, 0.25) is 0 Å². The Kier molecular flexibility index (Phi) is 4.82. The van der Waals surface area contributed by atoms with Gasteiger partial charge in [0.15, 0.2) is 0 Å². The number of halogens is 3. The van der Waals surface area contributed by atoms with Gasteiger partial charge in [0.05, 0.1) is 29.1 Å². The van der Waals surface area contributed by atoms with Crippen molar-refractivity contribution in [3.63, 3.8) is 0 Å². The number of benzene rings is 1. The summed E-state index contributed by atoms with van der Waals surface area (Å²) >= 11 is 1.32. The molecule has 0 saturated heterocycles. The molecule has 2 heterocycles. The van der Waals surface area contributed by atoms with Crippen molar-refractivity contribution in [1.29, 1.82) is 0 Å². The number of hydrogen-bond donors (Lipinski definition) is 1. The van der Waals surface area contributed by atoms with Crippen molar-refractivity contribution in [3.05, 3.63) is 58.4 Å². The van der Waals surface area contributed by atoms with Crippen molar-refractivity contribution in [2.45, 2.75) is 26.4 Å². The highest BCUT2D eigenvalue weighted by Gasteiger charge is 2.33. The molecule has 2 aromatic heterocycles. The largest absolute Gasteiger partial charge is 0.418 e. The molecule has 0 aliphatic heterocycles. The number of aryl methyl sites for hydroxylation is 2. The van der Waals surface area contributed by atoms with Crippen molar-refractivity contribution in [1.82, 2.24) is 14.8 Å². The molecule has 0 saturated carbocycles. The summed E-state index contributed by atoms with van der Waals surface area (Å²) in [4.78, 5) is 16.5. The Bertz CT molecular complexity index is 946. The predicted molar refractivity (Wildman–Crippen MR) is 92.5 cm³/mol. The minimum absolute atomic E-state index is 0.123. The first-order valence-electron chi connectivity index (χ1n) is 7.68. The number of amides is 1. The molecule has 9 heteroatoms. The lowest BCUT2D eigenvalue weighted by atomic mass is 10.1. The zero-order valence-corrected chi connectivity index (χ0v) is 14.8. The van der Waals surface area contributed by atoms with Gasteiger partial charge in [-0.05, 0) is 32.0 Å². The molecule has 0 aliphatic rings. The molecule has 3 aromatic rings. The van der Waals surface area contributed by atoms with E-state index >= 15 is 0 Å². The molecule has 0 radical (unpaired) electrons. The highest BCUT2D eigenvalue weighted by atomic mass is 32.1. The molecule has 0 unspecified atom stereocenters. The van der Waals surface area contributed by atoms with Gasteiger partial charge in [-0.1, -0.05) is 12.1 Å². The van der Waals surface area contributed by atoms with Crippen LogP contribution in [0.25, 0.3) is 5.13 Å². The molecule has 1 aromatic carbocycles. The van der Waals surface area contributed by atoms with Crippen LogP contribution in [0, 0.1) is 13.8 Å². The van der Waals surface area contributed by atoms with Crippen LogP contribution in [0.1, 0.15) is 22.6 Å². The first-order valence-corrected chi connectivity index (χ1v) is 8.56. The molecule has 1 N–H and O–H groups in total. The van der Waals surface area contributed by atoms with Gasteiger partial charge in [0, 0.05) is 11.1 Å². The third-order valence-electron chi connectivity index (χ3n) is 3.58. The third kappa shape index (κ3) is 3.93. The van der Waals surface area contributed by atoms with Gasteiger partial charge >= 0.3 is 6.18 Å². The third-order valence-corrected chi connectivity index (χ3v) is 4.44. The van der Waals surface area contributed by atoms with Gasteiger partial charge < -0.3 is 5.32 Å². The first kappa shape index (κ1) is 18.1. The van der Waals surface area contributed by atoms with E-state index in [0.29, 0.717) is 10.8 Å². The summed E-state index contributed by atoms with van der Waals surface area (Å²) < 4.78 is 40.6. The Balaban J connectivity index is 1.73. The molecule has 1 amide bonds. The minimum atomic E-state index is -4.53. The normalized spacial score (nSPS) is 11.6. The zero-order chi connectivity index (χ0) is 18.9. The number of hydrogen-bond acceptors (Lipinski definition) is 4. The predicted octanol–water partition coefficient (Wildman–Crippen LogP) is 4.15. The van der Waals surface area contributed by atoms with Gasteiger partial charge in [0.2, 0.25) is 11.0 Å². The number of nitrogens with one attached hydrogen (secondary N) is 1. The standard InChI is InChI=1S/C17H15F3N4OS/c1-10-7-11(2)24(23-10)16-21-12(9-26-16)8-15(25)22-14-6-4-3-5-13(14)17(18,19)20/h3-7,9H,8H2,1-2H3,(H,22,25). The maximum Gasteiger partial charge on any atom is 0.418 e. The van der Waals surface area contributed by atoms with Crippen LogP contribution in [-0.2, 0) is 17.4 Å². The molecule has 3 rings (SSSR count). The molecule has 0 bridgehead atoms. The highest BCUT2D eigenvalue weighted by molar-refractivity contribution is 7.12. The number of rotatable bonds is 4. The molecule has 136 valence electrons. The number of carbonyl (C=O) groups is 1. The van der Waals surface area contributed by atoms with Crippen molar-refractivity contribution < 1.29 is 18.0 Å². The second-order valence-electron chi connectivity index (χ2n) is 5.73. The van der Waals surface area contributed by atoms with Crippen molar-refractivity contribution in [2.75, 3.05) is 5.32 Å². The zero-order valence-electron chi connectivity index (χ0n) is 14.0. The van der Waals surface area contributed by atoms with Crippen LogP contribution in [0.4, 0.5) is 18.9 Å². The summed E-state index contributed by atoms with van der Waals surface area (Å²) in [7, 11) is 0. The van der Waals surface area contributed by atoms with Crippen LogP contribution in [0.5, 0.6) is 0 Å². The smallest absolute Gasteiger partial charge is 0.325 e. The number of alkyl halides is 3. The lowest BCUT2D eigenvalue weighted by molar-refractivity contribution is -0.137. The van der Waals surface area contributed by atoms with Gasteiger partial charge in [0.25, 0.3) is 0 Å². The lowest BCUT2D eigenvalue weighted by Crippen LogP contribution is -2.18. The van der Waals surface area contributed by atoms with E-state index in [0.717, 1.165) is 17.5 Å². The van der Waals surface area contributed by atoms with Crippen LogP contribution in [-0.4, -0.2) is 20.7 Å². The molecular formula is C17H15F3N4OS. The van der Waals surface area contributed by atoms with E-state index < -0.39 is 17.6 Å². The molecule has 0 atom stereocenters. The average Bonchev–Trinajstić information content (AvgIpc) is 3.12. The van der Waals surface area contributed by atoms with Crippen LogP contribution in [0.3, 0.4) is 0 Å². The monoisotopic (exact) mass is 380 g/mol. The second kappa shape index (κ2) is 6.91. The Hall–Kier alpha value is -2.68. The number of para-hydroxylation sites is 1. The fourth-order valence-corrected chi connectivity index (χ4v) is 3.33. The summed E-state index contributed by atoms with van der Waals surface area (Å²) in [5.74, 6) is -0.563. The Labute approximate surface area is 151 Å². The summed E-state index contributed by atoms with van der Waals surface area (Å²) in [6, 6.07) is 6.78. The summed E-state index contributed by atoms with van der Waals surface area (Å²) in [5, 5.41) is 8.93. The van der Waals surface area contributed by atoms with E-state index in [1.54, 1.807) is 10.1 Å². The molecule has 0 aliphatic carbocycles. The van der Waals surface area contributed by atoms with E-state index in [2.05, 4.69) is 15.4 Å². The van der Waals surface area contributed by atoms with Crippen molar-refractivity contribution >= 4 is 22.9 Å². The highest BCUT2D eigenvalue weighted by Crippen LogP contribution is 2.34. The second-order valence-corrected chi connectivity index (χ2v) is 6.57. The van der Waals surface area contributed by atoms with E-state index in [-0.39, 0.29) is 12.1 Å². The van der Waals surface area contributed by atoms with Gasteiger partial charge in [-0.2, -0.15) is 18.3 Å². The first-order chi connectivity index (χ1) is 12.2. The Morgan fingerprint density at radius 2 is 2.00 bits per heavy atom. The SMILES string of the molecule is Cc1cc(C)n(-c2nc(CC(=O)Nc3ccccc3C(F)(F)F)cs2)n1. The van der Waals surface area contributed by atoms with Gasteiger partial charge in [0.1, 0.15) is 0 Å². The van der Waals surface area contributed by atoms with Gasteiger partial charge in [-0.3, -0.25) is 4.79 Å². The fraction of sp³-hybridized carbons (Fsp3) is 0.235. The maximum atomic E-state index is 13.0. The number of aromatic nitrogens is 3. The molecule has 5 nitrogen and oxygen atoms in total. The van der Waals surface area contributed by atoms with Crippen molar-refractivity contribution in [2.24, 2.45) is 0 Å². The molecular weight excluding hydrogens is 365 g/mol. The van der Waals surface area contributed by atoms with Crippen molar-refractivity contribution in [3.8, 4) is 5.13 Å². The number of nitrogens with zero attached hydrogens (tertiary/aromatic N) is 3. The molecule has 26 heavy (non-hydrogen) atoms. The quantitative estimate of drug-likeness (QED) is 0.740. The van der Waals surface area contributed by atoms with Crippen LogP contribution < -0.4 is 5.32 Å². The van der Waals surface area contributed by atoms with E-state index in [4.69, 9.17) is 0 Å². The minimum Gasteiger partial charge on any atom is -0.325 e. The van der Waals surface area contributed by atoms with Crippen LogP contribution >= 0.6 is 11.3 Å². The summed E-state index contributed by atoms with van der Waals surface area (Å²) in [6.07, 6.45) is -4.66. The van der Waals surface area contributed by atoms with E-state index in [1.165, 1.54) is 29.5 Å². The lowest BCUT2D eigenvalue weighted by Gasteiger charge is -2.13.